The number of hydrogen-bond acceptors (Lipinski definition) is 6. The summed E-state index contributed by atoms with van der Waals surface area (Å²) in [7, 11) is 1.28. The molecule has 0 heterocycles. The van der Waals surface area contributed by atoms with Crippen molar-refractivity contribution in [2.24, 2.45) is 0 Å². The summed E-state index contributed by atoms with van der Waals surface area (Å²) in [6, 6.07) is -0.881. The summed E-state index contributed by atoms with van der Waals surface area (Å²) >= 11 is 0. The van der Waals surface area contributed by atoms with Crippen molar-refractivity contribution in [2.75, 3.05) is 40.9 Å². The first-order chi connectivity index (χ1) is 32.0. The van der Waals surface area contributed by atoms with Crippen molar-refractivity contribution in [1.29, 1.82) is 0 Å². The number of likely N-dealkylation sites (N-methyl/N-ethyl adjacent to an activating group) is 1. The molecular weight excluding hydrogens is 840 g/mol. The quantitative estimate of drug-likeness (QED) is 0.0272. The lowest BCUT2D eigenvalue weighted by atomic mass is 10.0. The van der Waals surface area contributed by atoms with Crippen LogP contribution >= 0.6 is 7.82 Å². The first-order valence-electron chi connectivity index (χ1n) is 29.1. The zero-order valence-corrected chi connectivity index (χ0v) is 45.8. The second-order valence-corrected chi connectivity index (χ2v) is 22.8. The molecule has 394 valence electrons. The Morgan fingerprint density at radius 1 is 0.515 bits per heavy atom. The summed E-state index contributed by atoms with van der Waals surface area (Å²) in [6.07, 6.45) is 60.1. The Morgan fingerprint density at radius 2 is 0.818 bits per heavy atom. The molecule has 0 saturated heterocycles. The van der Waals surface area contributed by atoms with Gasteiger partial charge in [-0.05, 0) is 19.3 Å². The third-order valence-electron chi connectivity index (χ3n) is 13.5. The zero-order valence-electron chi connectivity index (χ0n) is 44.9. The maximum absolute atomic E-state index is 12.9. The molecule has 0 saturated carbocycles. The Kier molecular flexibility index (Phi) is 48.7. The minimum atomic E-state index is -4.59. The minimum absolute atomic E-state index is 0.00253. The highest BCUT2D eigenvalue weighted by Gasteiger charge is 2.23. The van der Waals surface area contributed by atoms with E-state index in [2.05, 4.69) is 19.2 Å². The summed E-state index contributed by atoms with van der Waals surface area (Å²) in [5.74, 6) is -0.192. The fourth-order valence-electron chi connectivity index (χ4n) is 8.92. The highest BCUT2D eigenvalue weighted by Crippen LogP contribution is 2.38. The Labute approximate surface area is 412 Å². The number of rotatable bonds is 54. The van der Waals surface area contributed by atoms with E-state index in [0.29, 0.717) is 17.4 Å². The molecule has 1 amide bonds. The molecule has 0 spiro atoms. The van der Waals surface area contributed by atoms with E-state index >= 15 is 0 Å². The molecule has 0 aliphatic rings. The van der Waals surface area contributed by atoms with E-state index in [-0.39, 0.29) is 19.1 Å². The largest absolute Gasteiger partial charge is 0.756 e. The predicted octanol–water partition coefficient (Wildman–Crippen LogP) is 16.8. The third kappa shape index (κ3) is 51.1. The first-order valence-corrected chi connectivity index (χ1v) is 30.5. The predicted molar refractivity (Wildman–Crippen MR) is 284 cm³/mol. The number of allylic oxidation sites excluding steroid dienone is 1. The lowest BCUT2D eigenvalue weighted by molar-refractivity contribution is -0.870. The smallest absolute Gasteiger partial charge is 0.268 e. The van der Waals surface area contributed by atoms with Crippen LogP contribution in [0.15, 0.2) is 12.2 Å². The van der Waals surface area contributed by atoms with Gasteiger partial charge in [0.15, 0.2) is 0 Å². The second-order valence-electron chi connectivity index (χ2n) is 21.4. The lowest BCUT2D eigenvalue weighted by Crippen LogP contribution is -2.45. The van der Waals surface area contributed by atoms with Gasteiger partial charge in [0, 0.05) is 6.42 Å². The number of quaternary nitrogens is 1. The van der Waals surface area contributed by atoms with Crippen LogP contribution in [0.25, 0.3) is 0 Å². The van der Waals surface area contributed by atoms with Crippen LogP contribution in [0.2, 0.25) is 0 Å². The third-order valence-corrected chi connectivity index (χ3v) is 14.5. The second kappa shape index (κ2) is 49.2. The minimum Gasteiger partial charge on any atom is -0.756 e. The van der Waals surface area contributed by atoms with E-state index in [9.17, 15) is 19.4 Å². The fraction of sp³-hybridized carbons (Fsp3) is 0.947. The van der Waals surface area contributed by atoms with Gasteiger partial charge in [-0.1, -0.05) is 283 Å². The van der Waals surface area contributed by atoms with Crippen molar-refractivity contribution in [3.63, 3.8) is 0 Å². The molecule has 0 aliphatic carbocycles. The van der Waals surface area contributed by atoms with Gasteiger partial charge in [0.25, 0.3) is 7.82 Å². The van der Waals surface area contributed by atoms with Crippen molar-refractivity contribution in [1.82, 2.24) is 5.32 Å². The molecule has 0 aliphatic heterocycles. The van der Waals surface area contributed by atoms with Crippen molar-refractivity contribution in [3.05, 3.63) is 12.2 Å². The molecule has 9 heteroatoms. The van der Waals surface area contributed by atoms with Crippen LogP contribution in [0.3, 0.4) is 0 Å². The number of phosphoric ester groups is 1. The molecule has 0 aromatic heterocycles. The molecule has 0 aromatic rings. The number of aliphatic hydroxyl groups is 1. The van der Waals surface area contributed by atoms with Gasteiger partial charge >= 0.3 is 0 Å². The number of phosphoric acid groups is 1. The molecule has 3 unspecified atom stereocenters. The van der Waals surface area contributed by atoms with Crippen molar-refractivity contribution >= 4 is 13.7 Å². The van der Waals surface area contributed by atoms with Crippen molar-refractivity contribution in [2.45, 2.75) is 309 Å². The summed E-state index contributed by atoms with van der Waals surface area (Å²) in [4.78, 5) is 25.4. The molecule has 66 heavy (non-hydrogen) atoms. The van der Waals surface area contributed by atoms with Gasteiger partial charge in [-0.3, -0.25) is 9.36 Å². The van der Waals surface area contributed by atoms with Crippen LogP contribution in [0.1, 0.15) is 296 Å². The highest BCUT2D eigenvalue weighted by molar-refractivity contribution is 7.45. The number of nitrogens with zero attached hydrogens (tertiary/aromatic N) is 1. The summed E-state index contributed by atoms with van der Waals surface area (Å²) < 4.78 is 23.3. The Bertz CT molecular complexity index is 1080. The van der Waals surface area contributed by atoms with Gasteiger partial charge in [-0.15, -0.1) is 0 Å². The average Bonchev–Trinajstić information content (AvgIpc) is 3.28. The number of hydrogen-bond donors (Lipinski definition) is 2. The summed E-state index contributed by atoms with van der Waals surface area (Å²) in [6.45, 7) is 4.69. The van der Waals surface area contributed by atoms with Crippen LogP contribution in [0.5, 0.6) is 0 Å². The van der Waals surface area contributed by atoms with Gasteiger partial charge in [0.05, 0.1) is 39.9 Å². The van der Waals surface area contributed by atoms with Gasteiger partial charge in [0.1, 0.15) is 13.2 Å². The van der Waals surface area contributed by atoms with E-state index in [1.807, 2.05) is 27.2 Å². The highest BCUT2D eigenvalue weighted by atomic mass is 31.2. The van der Waals surface area contributed by atoms with Crippen molar-refractivity contribution < 1.29 is 32.9 Å². The van der Waals surface area contributed by atoms with E-state index in [1.54, 1.807) is 6.08 Å². The molecule has 0 aromatic carbocycles. The molecule has 8 nitrogen and oxygen atoms in total. The number of unbranched alkanes of at least 4 members (excludes halogenated alkanes) is 41. The van der Waals surface area contributed by atoms with E-state index in [1.165, 1.54) is 238 Å². The van der Waals surface area contributed by atoms with Crippen LogP contribution < -0.4 is 10.2 Å². The first kappa shape index (κ1) is 65.2. The Morgan fingerprint density at radius 3 is 1.14 bits per heavy atom. The molecule has 0 fully saturated rings. The standard InChI is InChI=1S/C57H115N2O6P/c1-6-8-10-12-14-16-18-20-22-23-24-25-26-27-28-29-30-31-32-33-34-35-36-37-38-40-42-44-46-48-50-56(60)55(54-65-66(62,63)64-53-52-59(3,4)5)58-57(61)51-49-47-45-43-41-39-21-19-17-15-13-11-9-7-2/h48,50,55-56,60H,6-47,49,51-54H2,1-5H3,(H-,58,61,62,63)/b50-48+. The van der Waals surface area contributed by atoms with E-state index in [4.69, 9.17) is 9.05 Å². The number of carbonyl (C=O) groups excluding carboxylic acids is 1. The van der Waals surface area contributed by atoms with Crippen LogP contribution in [0, 0.1) is 0 Å². The molecule has 0 bridgehead atoms. The van der Waals surface area contributed by atoms with E-state index in [0.717, 1.165) is 38.5 Å². The maximum atomic E-state index is 12.9. The monoisotopic (exact) mass is 955 g/mol. The maximum Gasteiger partial charge on any atom is 0.268 e. The molecule has 0 rings (SSSR count). The summed E-state index contributed by atoms with van der Waals surface area (Å²) in [5.41, 5.74) is 0. The molecule has 3 atom stereocenters. The van der Waals surface area contributed by atoms with Crippen LogP contribution in [0.4, 0.5) is 0 Å². The average molecular weight is 956 g/mol. The zero-order chi connectivity index (χ0) is 48.5. The normalized spacial score (nSPS) is 14.0. The molecular formula is C57H115N2O6P. The number of aliphatic hydroxyl groups excluding tert-OH is 1. The van der Waals surface area contributed by atoms with E-state index < -0.39 is 20.0 Å². The van der Waals surface area contributed by atoms with Gasteiger partial charge in [0.2, 0.25) is 5.91 Å². The number of nitrogens with one attached hydrogen (secondary N) is 1. The SMILES string of the molecule is CCCCCCCCCCCCCCCCCCCCCCCCCCCCCC/C=C/C(O)C(COP(=O)([O-])OCC[N+](C)(C)C)NC(=O)CCCCCCCCCCCCCCCC. The fourth-order valence-corrected chi connectivity index (χ4v) is 9.64. The topological polar surface area (TPSA) is 108 Å². The van der Waals surface area contributed by atoms with Crippen molar-refractivity contribution in [3.8, 4) is 0 Å². The Hall–Kier alpha value is -0.760. The summed E-state index contributed by atoms with van der Waals surface area (Å²) in [5, 5.41) is 13.9. The molecule has 0 radical (unpaired) electrons. The van der Waals surface area contributed by atoms with Crippen LogP contribution in [-0.4, -0.2) is 68.5 Å². The van der Waals surface area contributed by atoms with Gasteiger partial charge < -0.3 is 28.8 Å². The number of amides is 1. The number of carbonyl (C=O) groups is 1. The Balaban J connectivity index is 4.07. The molecule has 2 N–H and O–H groups in total. The van der Waals surface area contributed by atoms with Gasteiger partial charge in [-0.2, -0.15) is 0 Å². The van der Waals surface area contributed by atoms with Crippen LogP contribution in [-0.2, 0) is 18.4 Å². The lowest BCUT2D eigenvalue weighted by Gasteiger charge is -2.29. The van der Waals surface area contributed by atoms with Gasteiger partial charge in [-0.25, -0.2) is 0 Å².